The molecule has 0 spiro atoms. The molecule has 0 bridgehead atoms. The lowest BCUT2D eigenvalue weighted by atomic mass is 10.0. The minimum atomic E-state index is -0.952. The highest BCUT2D eigenvalue weighted by molar-refractivity contribution is 5.94. The molecule has 0 saturated heterocycles. The van der Waals surface area contributed by atoms with Crippen LogP contribution in [0.3, 0.4) is 0 Å². The Morgan fingerprint density at radius 1 is 1.15 bits per heavy atom. The number of rotatable bonds is 4. The Labute approximate surface area is 116 Å². The van der Waals surface area contributed by atoms with Crippen LogP contribution in [0.4, 0.5) is 0 Å². The molecule has 0 fully saturated rings. The number of ether oxygens (including phenoxy) is 1. The number of aromatic carboxylic acids is 1. The zero-order chi connectivity index (χ0) is 14.7. The molecule has 4 heteroatoms. The fourth-order valence-electron chi connectivity index (χ4n) is 1.79. The van der Waals surface area contributed by atoms with Crippen LogP contribution in [0, 0.1) is 0 Å². The number of hydrogen-bond donors (Lipinski definition) is 1. The molecule has 2 aromatic rings. The van der Waals surface area contributed by atoms with Crippen molar-refractivity contribution in [1.82, 2.24) is 0 Å². The Morgan fingerprint density at radius 2 is 1.80 bits per heavy atom. The van der Waals surface area contributed by atoms with Crippen LogP contribution in [-0.2, 0) is 16.1 Å². The highest BCUT2D eigenvalue weighted by Crippen LogP contribution is 2.19. The molecule has 2 rings (SSSR count). The fourth-order valence-corrected chi connectivity index (χ4v) is 1.79. The third-order valence-corrected chi connectivity index (χ3v) is 2.87. The van der Waals surface area contributed by atoms with Crippen molar-refractivity contribution in [3.05, 3.63) is 59.7 Å². The molecule has 0 saturated carbocycles. The first-order chi connectivity index (χ1) is 9.47. The normalized spacial score (nSPS) is 10.2. The van der Waals surface area contributed by atoms with Gasteiger partial charge in [-0.2, -0.15) is 0 Å². The minimum Gasteiger partial charge on any atom is -0.478 e. The van der Waals surface area contributed by atoms with E-state index in [1.165, 1.54) is 0 Å². The summed E-state index contributed by atoms with van der Waals surface area (Å²) in [6.07, 6.45) is 0. The summed E-state index contributed by atoms with van der Waals surface area (Å²) in [5.41, 5.74) is 1.45. The SMILES string of the molecule is C=C(C)C(=O)OCc1ccc2cc(C(=O)O)ccc2c1. The number of esters is 1. The number of carboxylic acid groups (broad SMARTS) is 1. The van der Waals surface area contributed by atoms with Crippen molar-refractivity contribution < 1.29 is 19.4 Å². The molecule has 0 aliphatic carbocycles. The van der Waals surface area contributed by atoms with Gasteiger partial charge in [0.1, 0.15) is 6.61 Å². The van der Waals surface area contributed by atoms with Crippen LogP contribution in [0.15, 0.2) is 48.6 Å². The maximum absolute atomic E-state index is 11.3. The summed E-state index contributed by atoms with van der Waals surface area (Å²) in [5, 5.41) is 10.7. The summed E-state index contributed by atoms with van der Waals surface area (Å²) in [4.78, 5) is 22.2. The number of fused-ring (bicyclic) bond motifs is 1. The summed E-state index contributed by atoms with van der Waals surface area (Å²) in [6, 6.07) is 10.4. The number of carbonyl (C=O) groups is 2. The molecule has 0 atom stereocenters. The first kappa shape index (κ1) is 13.8. The van der Waals surface area contributed by atoms with Crippen LogP contribution >= 0.6 is 0 Å². The van der Waals surface area contributed by atoms with Crippen molar-refractivity contribution >= 4 is 22.7 Å². The van der Waals surface area contributed by atoms with E-state index in [-0.39, 0.29) is 12.2 Å². The van der Waals surface area contributed by atoms with Gasteiger partial charge in [-0.3, -0.25) is 0 Å². The van der Waals surface area contributed by atoms with E-state index in [9.17, 15) is 9.59 Å². The molecule has 20 heavy (non-hydrogen) atoms. The van der Waals surface area contributed by atoms with Gasteiger partial charge in [0.15, 0.2) is 0 Å². The maximum atomic E-state index is 11.3. The van der Waals surface area contributed by atoms with Gasteiger partial charge in [-0.15, -0.1) is 0 Å². The third kappa shape index (κ3) is 3.03. The van der Waals surface area contributed by atoms with Gasteiger partial charge >= 0.3 is 11.9 Å². The van der Waals surface area contributed by atoms with Crippen molar-refractivity contribution in [2.45, 2.75) is 13.5 Å². The molecular weight excluding hydrogens is 256 g/mol. The van der Waals surface area contributed by atoms with Gasteiger partial charge in [-0.25, -0.2) is 9.59 Å². The highest BCUT2D eigenvalue weighted by atomic mass is 16.5. The zero-order valence-corrected chi connectivity index (χ0v) is 11.1. The van der Waals surface area contributed by atoms with Crippen LogP contribution in [0.1, 0.15) is 22.8 Å². The van der Waals surface area contributed by atoms with Crippen molar-refractivity contribution in [3.63, 3.8) is 0 Å². The van der Waals surface area contributed by atoms with Gasteiger partial charge in [-0.05, 0) is 41.5 Å². The molecule has 1 N–H and O–H groups in total. The molecule has 4 nitrogen and oxygen atoms in total. The average molecular weight is 270 g/mol. The summed E-state index contributed by atoms with van der Waals surface area (Å²) in [7, 11) is 0. The number of hydrogen-bond acceptors (Lipinski definition) is 3. The molecule has 0 aliphatic rings. The van der Waals surface area contributed by atoms with Crippen LogP contribution in [-0.4, -0.2) is 17.0 Å². The van der Waals surface area contributed by atoms with E-state index in [4.69, 9.17) is 9.84 Å². The van der Waals surface area contributed by atoms with E-state index in [1.54, 1.807) is 31.2 Å². The van der Waals surface area contributed by atoms with Crippen molar-refractivity contribution in [2.75, 3.05) is 0 Å². The predicted octanol–water partition coefficient (Wildman–Crippen LogP) is 3.16. The van der Waals surface area contributed by atoms with Crippen LogP contribution in [0.5, 0.6) is 0 Å². The second-order valence-electron chi connectivity index (χ2n) is 4.56. The van der Waals surface area contributed by atoms with Crippen molar-refractivity contribution in [2.24, 2.45) is 0 Å². The van der Waals surface area contributed by atoms with E-state index >= 15 is 0 Å². The molecular formula is C16H14O4. The van der Waals surface area contributed by atoms with E-state index in [0.29, 0.717) is 5.57 Å². The topological polar surface area (TPSA) is 63.6 Å². The smallest absolute Gasteiger partial charge is 0.335 e. The monoisotopic (exact) mass is 270 g/mol. The molecule has 2 aromatic carbocycles. The van der Waals surface area contributed by atoms with E-state index < -0.39 is 11.9 Å². The second-order valence-corrected chi connectivity index (χ2v) is 4.56. The average Bonchev–Trinajstić information content (AvgIpc) is 2.43. The standard InChI is InChI=1S/C16H14O4/c1-10(2)16(19)20-9-11-3-4-13-8-14(15(17)18)6-5-12(13)7-11/h3-8H,1,9H2,2H3,(H,17,18). The second kappa shape index (κ2) is 5.57. The Morgan fingerprint density at radius 3 is 2.45 bits per heavy atom. The predicted molar refractivity (Wildman–Crippen MR) is 75.5 cm³/mol. The molecule has 0 aromatic heterocycles. The molecule has 0 amide bonds. The Kier molecular flexibility index (Phi) is 3.84. The summed E-state index contributed by atoms with van der Waals surface area (Å²) < 4.78 is 5.07. The fraction of sp³-hybridized carbons (Fsp3) is 0.125. The minimum absolute atomic E-state index is 0.169. The first-order valence-electron chi connectivity index (χ1n) is 6.06. The molecule has 0 heterocycles. The number of carboxylic acids is 1. The third-order valence-electron chi connectivity index (χ3n) is 2.87. The Hall–Kier alpha value is -2.62. The summed E-state index contributed by atoms with van der Waals surface area (Å²) in [6.45, 7) is 5.28. The first-order valence-corrected chi connectivity index (χ1v) is 6.06. The Balaban J connectivity index is 2.22. The van der Waals surface area contributed by atoms with Gasteiger partial charge in [0, 0.05) is 5.57 Å². The van der Waals surface area contributed by atoms with Gasteiger partial charge in [0.2, 0.25) is 0 Å². The van der Waals surface area contributed by atoms with Crippen LogP contribution in [0.2, 0.25) is 0 Å². The summed E-state index contributed by atoms with van der Waals surface area (Å²) in [5.74, 6) is -1.38. The Bertz CT molecular complexity index is 701. The van der Waals surface area contributed by atoms with Crippen LogP contribution in [0.25, 0.3) is 10.8 Å². The quantitative estimate of drug-likeness (QED) is 0.684. The summed E-state index contributed by atoms with van der Waals surface area (Å²) >= 11 is 0. The largest absolute Gasteiger partial charge is 0.478 e. The lowest BCUT2D eigenvalue weighted by molar-refractivity contribution is -0.140. The highest BCUT2D eigenvalue weighted by Gasteiger charge is 2.06. The zero-order valence-electron chi connectivity index (χ0n) is 11.1. The van der Waals surface area contributed by atoms with Gasteiger partial charge in [-0.1, -0.05) is 24.8 Å². The van der Waals surface area contributed by atoms with Gasteiger partial charge < -0.3 is 9.84 Å². The van der Waals surface area contributed by atoms with E-state index in [0.717, 1.165) is 16.3 Å². The number of benzene rings is 2. The van der Waals surface area contributed by atoms with Crippen LogP contribution < -0.4 is 0 Å². The molecule has 0 aliphatic heterocycles. The molecule has 0 radical (unpaired) electrons. The van der Waals surface area contributed by atoms with E-state index in [2.05, 4.69) is 6.58 Å². The van der Waals surface area contributed by atoms with Gasteiger partial charge in [0.25, 0.3) is 0 Å². The molecule has 102 valence electrons. The maximum Gasteiger partial charge on any atom is 0.335 e. The van der Waals surface area contributed by atoms with Crippen molar-refractivity contribution in [1.29, 1.82) is 0 Å². The lowest BCUT2D eigenvalue weighted by Crippen LogP contribution is -2.04. The van der Waals surface area contributed by atoms with Crippen molar-refractivity contribution in [3.8, 4) is 0 Å². The lowest BCUT2D eigenvalue weighted by Gasteiger charge is -2.06. The number of carbonyl (C=O) groups excluding carboxylic acids is 1. The molecule has 0 unspecified atom stereocenters. The van der Waals surface area contributed by atoms with E-state index in [1.807, 2.05) is 12.1 Å². The van der Waals surface area contributed by atoms with Gasteiger partial charge in [0.05, 0.1) is 5.56 Å².